The van der Waals surface area contributed by atoms with E-state index in [2.05, 4.69) is 36.1 Å². The quantitative estimate of drug-likeness (QED) is 0.663. The summed E-state index contributed by atoms with van der Waals surface area (Å²) in [5.41, 5.74) is 1.59. The van der Waals surface area contributed by atoms with Crippen molar-refractivity contribution in [1.29, 1.82) is 0 Å². The lowest BCUT2D eigenvalue weighted by molar-refractivity contribution is 0.0951. The van der Waals surface area contributed by atoms with Crippen LogP contribution in [-0.2, 0) is 0 Å². The number of aromatic nitrogens is 3. The zero-order valence-corrected chi connectivity index (χ0v) is 15.8. The monoisotopic (exact) mass is 376 g/mol. The summed E-state index contributed by atoms with van der Waals surface area (Å²) in [6, 6.07) is 9.55. The van der Waals surface area contributed by atoms with Gasteiger partial charge in [0.15, 0.2) is 0 Å². The minimum Gasteiger partial charge on any atom is -0.353 e. The number of rotatable bonds is 6. The highest BCUT2D eigenvalue weighted by atomic mass is 16.1. The van der Waals surface area contributed by atoms with Crippen molar-refractivity contribution in [3.05, 3.63) is 60.7 Å². The number of hydrogen-bond donors (Lipinski definition) is 1. The summed E-state index contributed by atoms with van der Waals surface area (Å²) in [5, 5.41) is 4.07. The van der Waals surface area contributed by atoms with Gasteiger partial charge in [0.05, 0.1) is 11.1 Å². The van der Waals surface area contributed by atoms with Crippen molar-refractivity contribution < 1.29 is 4.79 Å². The summed E-state index contributed by atoms with van der Waals surface area (Å²) in [6.07, 6.45) is 7.84. The van der Waals surface area contributed by atoms with Gasteiger partial charge in [-0.05, 0) is 43.3 Å². The molecule has 0 radical (unpaired) electrons. The second-order valence-electron chi connectivity index (χ2n) is 6.88. The average molecular weight is 376 g/mol. The fraction of sp³-hybridized carbons (Fsp3) is 0.333. The lowest BCUT2D eigenvalue weighted by Gasteiger charge is -2.35. The maximum atomic E-state index is 12.0. The highest BCUT2D eigenvalue weighted by Crippen LogP contribution is 2.23. The number of nitrogens with zero attached hydrogens (tertiary/aromatic N) is 5. The second kappa shape index (κ2) is 8.75. The molecular formula is C21H24N6O. The van der Waals surface area contributed by atoms with Gasteiger partial charge in [0, 0.05) is 62.9 Å². The lowest BCUT2D eigenvalue weighted by atomic mass is 10.2. The number of pyridine rings is 3. The summed E-state index contributed by atoms with van der Waals surface area (Å²) in [7, 11) is 0. The van der Waals surface area contributed by atoms with Gasteiger partial charge in [0.25, 0.3) is 5.91 Å². The number of fused-ring (bicyclic) bond motifs is 1. The van der Waals surface area contributed by atoms with Crippen LogP contribution in [0.4, 0.5) is 5.82 Å². The Morgan fingerprint density at radius 3 is 2.68 bits per heavy atom. The highest BCUT2D eigenvalue weighted by Gasteiger charge is 2.19. The maximum Gasteiger partial charge on any atom is 0.252 e. The third-order valence-electron chi connectivity index (χ3n) is 5.04. The van der Waals surface area contributed by atoms with Gasteiger partial charge in [0.1, 0.15) is 5.82 Å². The van der Waals surface area contributed by atoms with E-state index in [-0.39, 0.29) is 5.91 Å². The van der Waals surface area contributed by atoms with Crippen molar-refractivity contribution in [2.75, 3.05) is 44.2 Å². The molecule has 0 bridgehead atoms. The van der Waals surface area contributed by atoms with Crippen LogP contribution in [0.5, 0.6) is 0 Å². The molecule has 28 heavy (non-hydrogen) atoms. The number of carbonyl (C=O) groups excluding carboxylic acids is 1. The SMILES string of the molecule is O=C(NCCCN1CCN(c2nccc3ncccc23)CC1)c1cccnc1. The first kappa shape index (κ1) is 18.3. The van der Waals surface area contributed by atoms with Gasteiger partial charge in [-0.15, -0.1) is 0 Å². The van der Waals surface area contributed by atoms with E-state index in [1.807, 2.05) is 24.5 Å². The molecule has 144 valence electrons. The lowest BCUT2D eigenvalue weighted by Crippen LogP contribution is -2.47. The van der Waals surface area contributed by atoms with Crippen molar-refractivity contribution in [2.24, 2.45) is 0 Å². The van der Waals surface area contributed by atoms with Gasteiger partial charge in [-0.2, -0.15) is 0 Å². The molecule has 3 aromatic rings. The minimum atomic E-state index is -0.0615. The first-order valence-corrected chi connectivity index (χ1v) is 9.66. The molecule has 4 heterocycles. The van der Waals surface area contributed by atoms with Crippen LogP contribution >= 0.6 is 0 Å². The van der Waals surface area contributed by atoms with Gasteiger partial charge in [0.2, 0.25) is 0 Å². The molecule has 0 saturated carbocycles. The molecule has 0 spiro atoms. The molecule has 7 nitrogen and oxygen atoms in total. The molecule has 4 rings (SSSR count). The molecule has 1 aliphatic rings. The standard InChI is InChI=1S/C21H24N6O/c28-21(17-4-1-7-22-16-17)25-9-3-11-26-12-14-27(15-13-26)20-18-5-2-8-23-19(18)6-10-24-20/h1-2,4-8,10,16H,3,9,11-15H2,(H,25,28). The summed E-state index contributed by atoms with van der Waals surface area (Å²) >= 11 is 0. The highest BCUT2D eigenvalue weighted by molar-refractivity contribution is 5.93. The van der Waals surface area contributed by atoms with Gasteiger partial charge in [-0.25, -0.2) is 4.98 Å². The first-order valence-electron chi connectivity index (χ1n) is 9.66. The Morgan fingerprint density at radius 2 is 1.86 bits per heavy atom. The molecule has 1 amide bonds. The minimum absolute atomic E-state index is 0.0615. The van der Waals surface area contributed by atoms with Crippen molar-refractivity contribution in [1.82, 2.24) is 25.2 Å². The molecule has 1 fully saturated rings. The van der Waals surface area contributed by atoms with Gasteiger partial charge < -0.3 is 10.2 Å². The van der Waals surface area contributed by atoms with E-state index in [0.717, 1.165) is 55.9 Å². The molecule has 0 unspecified atom stereocenters. The molecule has 0 atom stereocenters. The molecule has 1 saturated heterocycles. The number of amides is 1. The first-order chi connectivity index (χ1) is 13.8. The van der Waals surface area contributed by atoms with Crippen LogP contribution in [0.15, 0.2) is 55.1 Å². The van der Waals surface area contributed by atoms with Crippen LogP contribution in [0, 0.1) is 0 Å². The number of piperazine rings is 1. The van der Waals surface area contributed by atoms with Crippen LogP contribution in [0.3, 0.4) is 0 Å². The molecule has 7 heteroatoms. The fourth-order valence-corrected chi connectivity index (χ4v) is 3.53. The fourth-order valence-electron chi connectivity index (χ4n) is 3.53. The predicted octanol–water partition coefficient (Wildman–Crippen LogP) is 1.97. The maximum absolute atomic E-state index is 12.0. The van der Waals surface area contributed by atoms with E-state index in [1.54, 1.807) is 24.5 Å². The summed E-state index contributed by atoms with van der Waals surface area (Å²) < 4.78 is 0. The smallest absolute Gasteiger partial charge is 0.252 e. The third kappa shape index (κ3) is 4.26. The largest absolute Gasteiger partial charge is 0.353 e. The Balaban J connectivity index is 1.23. The Hall–Kier alpha value is -3.06. The van der Waals surface area contributed by atoms with Gasteiger partial charge in [-0.1, -0.05) is 0 Å². The van der Waals surface area contributed by atoms with Crippen molar-refractivity contribution in [2.45, 2.75) is 6.42 Å². The Bertz CT molecular complexity index is 919. The van der Waals surface area contributed by atoms with Gasteiger partial charge >= 0.3 is 0 Å². The summed E-state index contributed by atoms with van der Waals surface area (Å²) in [6.45, 7) is 5.53. The van der Waals surface area contributed by atoms with Crippen LogP contribution < -0.4 is 10.2 Å². The molecule has 1 aliphatic heterocycles. The normalized spacial score (nSPS) is 14.9. The molecule has 0 aliphatic carbocycles. The second-order valence-corrected chi connectivity index (χ2v) is 6.88. The number of anilines is 1. The molecule has 1 N–H and O–H groups in total. The predicted molar refractivity (Wildman–Crippen MR) is 109 cm³/mol. The van der Waals surface area contributed by atoms with E-state index in [1.165, 1.54) is 0 Å². The molecule has 0 aromatic carbocycles. The Labute approximate surface area is 164 Å². The topological polar surface area (TPSA) is 74.2 Å². The van der Waals surface area contributed by atoms with Crippen molar-refractivity contribution in [3.8, 4) is 0 Å². The zero-order chi connectivity index (χ0) is 19.2. The summed E-state index contributed by atoms with van der Waals surface area (Å²) in [5.74, 6) is 0.961. The number of nitrogens with one attached hydrogen (secondary N) is 1. The van der Waals surface area contributed by atoms with Crippen LogP contribution in [0.2, 0.25) is 0 Å². The number of carbonyl (C=O) groups is 1. The van der Waals surface area contributed by atoms with Gasteiger partial charge in [-0.3, -0.25) is 19.7 Å². The van der Waals surface area contributed by atoms with E-state index in [0.29, 0.717) is 12.1 Å². The van der Waals surface area contributed by atoms with Crippen molar-refractivity contribution >= 4 is 22.6 Å². The van der Waals surface area contributed by atoms with Crippen LogP contribution in [-0.4, -0.2) is 65.0 Å². The molecule has 3 aromatic heterocycles. The van der Waals surface area contributed by atoms with E-state index < -0.39 is 0 Å². The average Bonchev–Trinajstić information content (AvgIpc) is 2.77. The number of hydrogen-bond acceptors (Lipinski definition) is 6. The summed E-state index contributed by atoms with van der Waals surface area (Å²) in [4.78, 5) is 29.8. The Morgan fingerprint density at radius 1 is 1.00 bits per heavy atom. The zero-order valence-electron chi connectivity index (χ0n) is 15.8. The Kier molecular flexibility index (Phi) is 5.72. The molecular weight excluding hydrogens is 352 g/mol. The van der Waals surface area contributed by atoms with E-state index in [4.69, 9.17) is 0 Å². The van der Waals surface area contributed by atoms with Crippen molar-refractivity contribution in [3.63, 3.8) is 0 Å². The van der Waals surface area contributed by atoms with E-state index >= 15 is 0 Å². The van der Waals surface area contributed by atoms with Crippen LogP contribution in [0.25, 0.3) is 10.9 Å². The van der Waals surface area contributed by atoms with Crippen LogP contribution in [0.1, 0.15) is 16.8 Å². The third-order valence-corrected chi connectivity index (χ3v) is 5.04. The van der Waals surface area contributed by atoms with E-state index in [9.17, 15) is 4.79 Å².